The quantitative estimate of drug-likeness (QED) is 0.835. The molecule has 7 nitrogen and oxygen atoms in total. The maximum absolute atomic E-state index is 12.0. The fraction of sp³-hybridized carbons (Fsp3) is 0.364. The van der Waals surface area contributed by atoms with E-state index in [4.69, 9.17) is 10.2 Å². The molecule has 0 saturated carbocycles. The Labute approximate surface area is 122 Å². The molecule has 3 N–H and O–H groups in total. The van der Waals surface area contributed by atoms with Crippen LogP contribution in [0.15, 0.2) is 32.3 Å². The van der Waals surface area contributed by atoms with Crippen molar-refractivity contribution in [1.29, 1.82) is 0 Å². The van der Waals surface area contributed by atoms with Crippen LogP contribution in [0.4, 0.5) is 0 Å². The van der Waals surface area contributed by atoms with Crippen molar-refractivity contribution in [2.24, 2.45) is 12.8 Å². The Morgan fingerprint density at radius 3 is 2.70 bits per heavy atom. The van der Waals surface area contributed by atoms with Crippen LogP contribution in [0.1, 0.15) is 6.92 Å². The van der Waals surface area contributed by atoms with Gasteiger partial charge in [-0.3, -0.25) is 4.57 Å². The predicted molar refractivity (Wildman–Crippen MR) is 77.5 cm³/mol. The van der Waals surface area contributed by atoms with Gasteiger partial charge >= 0.3 is 5.76 Å². The molecule has 9 heteroatoms. The first-order valence-electron chi connectivity index (χ1n) is 5.67. The summed E-state index contributed by atoms with van der Waals surface area (Å²) in [5, 5.41) is 0. The third kappa shape index (κ3) is 3.04. The van der Waals surface area contributed by atoms with Crippen molar-refractivity contribution < 1.29 is 12.8 Å². The van der Waals surface area contributed by atoms with Crippen LogP contribution in [-0.4, -0.2) is 25.6 Å². The van der Waals surface area contributed by atoms with Crippen molar-refractivity contribution >= 4 is 33.5 Å². The van der Waals surface area contributed by atoms with Crippen LogP contribution in [0, 0.1) is 0 Å². The van der Waals surface area contributed by atoms with E-state index < -0.39 is 15.8 Å². The van der Waals surface area contributed by atoms with Gasteiger partial charge in [-0.05, 0) is 19.1 Å². The van der Waals surface area contributed by atoms with Gasteiger partial charge in [0.1, 0.15) is 0 Å². The molecule has 0 aliphatic heterocycles. The third-order valence-corrected chi connectivity index (χ3v) is 4.37. The molecule has 1 heterocycles. The van der Waals surface area contributed by atoms with E-state index in [-0.39, 0.29) is 35.5 Å². The zero-order valence-electron chi connectivity index (χ0n) is 11.0. The second-order valence-corrected chi connectivity index (χ2v) is 6.03. The van der Waals surface area contributed by atoms with E-state index >= 15 is 0 Å². The summed E-state index contributed by atoms with van der Waals surface area (Å²) >= 11 is 0. The van der Waals surface area contributed by atoms with E-state index in [0.29, 0.717) is 5.52 Å². The highest BCUT2D eigenvalue weighted by atomic mass is 35.5. The molecular weight excluding hydrogens is 306 g/mol. The average molecular weight is 322 g/mol. The Kier molecular flexibility index (Phi) is 4.98. The number of oxazole rings is 1. The van der Waals surface area contributed by atoms with E-state index in [1.807, 2.05) is 0 Å². The van der Waals surface area contributed by atoms with E-state index in [1.54, 1.807) is 14.0 Å². The topological polar surface area (TPSA) is 107 Å². The van der Waals surface area contributed by atoms with Gasteiger partial charge in [-0.1, -0.05) is 0 Å². The largest absolute Gasteiger partial charge is 0.419 e. The molecule has 1 aromatic carbocycles. The minimum Gasteiger partial charge on any atom is -0.408 e. The van der Waals surface area contributed by atoms with Crippen molar-refractivity contribution in [2.75, 3.05) is 6.54 Å². The summed E-state index contributed by atoms with van der Waals surface area (Å²) in [4.78, 5) is 11.4. The molecule has 0 aliphatic rings. The number of aryl methyl sites for hydroxylation is 1. The van der Waals surface area contributed by atoms with Crippen molar-refractivity contribution in [1.82, 2.24) is 9.29 Å². The number of benzene rings is 1. The summed E-state index contributed by atoms with van der Waals surface area (Å²) in [7, 11) is -2.12. The molecule has 0 amide bonds. The van der Waals surface area contributed by atoms with Gasteiger partial charge in [0.25, 0.3) is 0 Å². The molecule has 20 heavy (non-hydrogen) atoms. The molecule has 0 aliphatic carbocycles. The van der Waals surface area contributed by atoms with E-state index in [0.717, 1.165) is 0 Å². The summed E-state index contributed by atoms with van der Waals surface area (Å²) in [6.07, 6.45) is 0. The summed E-state index contributed by atoms with van der Waals surface area (Å²) in [5.74, 6) is -0.534. The molecule has 1 atom stereocenters. The molecule has 0 radical (unpaired) electrons. The Hall–Kier alpha value is -1.35. The van der Waals surface area contributed by atoms with Gasteiger partial charge in [-0.15, -0.1) is 12.4 Å². The highest BCUT2D eigenvalue weighted by molar-refractivity contribution is 7.89. The zero-order chi connectivity index (χ0) is 14.2. The first-order chi connectivity index (χ1) is 8.85. The van der Waals surface area contributed by atoms with Crippen LogP contribution in [-0.2, 0) is 17.1 Å². The summed E-state index contributed by atoms with van der Waals surface area (Å²) in [5.41, 5.74) is 6.15. The van der Waals surface area contributed by atoms with Crippen molar-refractivity contribution in [3.05, 3.63) is 28.7 Å². The Balaban J connectivity index is 0.00000200. The lowest BCUT2D eigenvalue weighted by Crippen LogP contribution is -2.37. The number of rotatable bonds is 4. The number of halogens is 1. The lowest BCUT2D eigenvalue weighted by molar-refractivity contribution is 0.527. The lowest BCUT2D eigenvalue weighted by atomic mass is 10.3. The number of nitrogens with two attached hydrogens (primary N) is 1. The normalized spacial score (nSPS) is 13.2. The number of nitrogens with zero attached hydrogens (tertiary/aromatic N) is 1. The molecule has 0 bridgehead atoms. The van der Waals surface area contributed by atoms with Gasteiger partial charge in [-0.2, -0.15) is 0 Å². The van der Waals surface area contributed by atoms with Crippen molar-refractivity contribution in [3.8, 4) is 0 Å². The van der Waals surface area contributed by atoms with Crippen LogP contribution in [0.5, 0.6) is 0 Å². The zero-order valence-corrected chi connectivity index (χ0v) is 12.6. The average Bonchev–Trinajstić information content (AvgIpc) is 2.64. The van der Waals surface area contributed by atoms with Crippen molar-refractivity contribution in [2.45, 2.75) is 17.9 Å². The number of hydrogen-bond acceptors (Lipinski definition) is 5. The number of nitrogens with one attached hydrogen (secondary N) is 1. The van der Waals surface area contributed by atoms with Gasteiger partial charge in [-0.25, -0.2) is 17.9 Å². The van der Waals surface area contributed by atoms with Crippen LogP contribution < -0.4 is 16.2 Å². The second kappa shape index (κ2) is 5.96. The Morgan fingerprint density at radius 1 is 1.45 bits per heavy atom. The standard InChI is InChI=1S/C11H15N3O4S.ClH/c1-7(6-12)13-19(16,17)8-3-4-9-10(5-8)18-11(15)14(9)2;/h3-5,7,13H,6,12H2,1-2H3;1H/t7-;/m1./s1. The first kappa shape index (κ1) is 16.7. The summed E-state index contributed by atoms with van der Waals surface area (Å²) in [6, 6.07) is 3.90. The monoisotopic (exact) mass is 321 g/mol. The molecule has 0 unspecified atom stereocenters. The number of aromatic nitrogens is 1. The molecule has 0 spiro atoms. The molecule has 2 rings (SSSR count). The molecule has 0 saturated heterocycles. The SMILES string of the molecule is C[C@H](CN)NS(=O)(=O)c1ccc2c(c1)oc(=O)n2C.Cl. The van der Waals surface area contributed by atoms with Gasteiger partial charge in [0.05, 0.1) is 10.4 Å². The minimum absolute atomic E-state index is 0. The van der Waals surface area contributed by atoms with Gasteiger partial charge in [0.15, 0.2) is 5.58 Å². The molecule has 2 aromatic rings. The fourth-order valence-corrected chi connectivity index (χ4v) is 2.93. The Morgan fingerprint density at radius 2 is 2.10 bits per heavy atom. The molecule has 112 valence electrons. The van der Waals surface area contributed by atoms with Crippen LogP contribution in [0.2, 0.25) is 0 Å². The molecule has 1 aromatic heterocycles. The molecular formula is C11H16ClN3O4S. The van der Waals surface area contributed by atoms with Gasteiger partial charge < -0.3 is 10.2 Å². The first-order valence-corrected chi connectivity index (χ1v) is 7.15. The van der Waals surface area contributed by atoms with Crippen LogP contribution in [0.25, 0.3) is 11.1 Å². The smallest absolute Gasteiger partial charge is 0.408 e. The number of sulfonamides is 1. The highest BCUT2D eigenvalue weighted by Crippen LogP contribution is 2.17. The van der Waals surface area contributed by atoms with E-state index in [9.17, 15) is 13.2 Å². The maximum atomic E-state index is 12.0. The summed E-state index contributed by atoms with van der Waals surface area (Å²) < 4.78 is 32.8. The Bertz CT molecular complexity index is 766. The van der Waals surface area contributed by atoms with Crippen molar-refractivity contribution in [3.63, 3.8) is 0 Å². The summed E-state index contributed by atoms with van der Waals surface area (Å²) in [6.45, 7) is 1.86. The molecule has 0 fully saturated rings. The van der Waals surface area contributed by atoms with Gasteiger partial charge in [0.2, 0.25) is 10.0 Å². The fourth-order valence-electron chi connectivity index (χ4n) is 1.66. The predicted octanol–water partition coefficient (Wildman–Crippen LogP) is 0.179. The maximum Gasteiger partial charge on any atom is 0.419 e. The van der Waals surface area contributed by atoms with Gasteiger partial charge in [0, 0.05) is 25.7 Å². The highest BCUT2D eigenvalue weighted by Gasteiger charge is 2.18. The third-order valence-electron chi connectivity index (χ3n) is 2.78. The second-order valence-electron chi connectivity index (χ2n) is 4.31. The lowest BCUT2D eigenvalue weighted by Gasteiger charge is -2.11. The minimum atomic E-state index is -3.67. The number of hydrogen-bond donors (Lipinski definition) is 2. The van der Waals surface area contributed by atoms with Crippen LogP contribution >= 0.6 is 12.4 Å². The van der Waals surface area contributed by atoms with Crippen LogP contribution in [0.3, 0.4) is 0 Å². The number of fused-ring (bicyclic) bond motifs is 1. The van der Waals surface area contributed by atoms with E-state index in [1.165, 1.54) is 22.8 Å². The van der Waals surface area contributed by atoms with E-state index in [2.05, 4.69) is 4.72 Å².